The fourth-order valence-corrected chi connectivity index (χ4v) is 2.49. The average molecular weight is 357 g/mol. The number of nitro groups is 1. The molecule has 25 heavy (non-hydrogen) atoms. The molecule has 0 fully saturated rings. The summed E-state index contributed by atoms with van der Waals surface area (Å²) in [7, 11) is 0. The number of aromatic nitrogens is 2. The molecule has 0 aliphatic heterocycles. The Kier molecular flexibility index (Phi) is 4.76. The number of non-ortho nitro benzene ring substituents is 1. The lowest BCUT2D eigenvalue weighted by Gasteiger charge is -2.03. The molecule has 1 N–H and O–H groups in total. The van der Waals surface area contributed by atoms with Crippen molar-refractivity contribution >= 4 is 28.9 Å². The molecule has 1 heterocycles. The second-order valence-electron chi connectivity index (χ2n) is 5.31. The van der Waals surface area contributed by atoms with Gasteiger partial charge in [-0.05, 0) is 29.8 Å². The third-order valence-corrected chi connectivity index (χ3v) is 3.70. The van der Waals surface area contributed by atoms with Crippen LogP contribution in [0, 0.1) is 10.1 Å². The van der Waals surface area contributed by atoms with E-state index in [0.29, 0.717) is 22.8 Å². The Labute approximate surface area is 148 Å². The number of carbonyl (C=O) groups is 1. The van der Waals surface area contributed by atoms with Crippen LogP contribution in [-0.2, 0) is 6.54 Å². The maximum atomic E-state index is 12.2. The SMILES string of the molecule is O=C(Nc1cnn(Cc2cccc(Cl)c2)c1)c1ccc([N+](=O)[O-])cc1. The van der Waals surface area contributed by atoms with Crippen LogP contribution in [0.1, 0.15) is 15.9 Å². The highest BCUT2D eigenvalue weighted by atomic mass is 35.5. The van der Waals surface area contributed by atoms with Crippen LogP contribution in [0.25, 0.3) is 0 Å². The second-order valence-corrected chi connectivity index (χ2v) is 5.75. The van der Waals surface area contributed by atoms with Crippen LogP contribution >= 0.6 is 11.6 Å². The summed E-state index contributed by atoms with van der Waals surface area (Å²) in [5.41, 5.74) is 1.79. The standard InChI is InChI=1S/C17H13ClN4O3/c18-14-3-1-2-12(8-14)10-21-11-15(9-19-21)20-17(23)13-4-6-16(7-5-13)22(24)25/h1-9,11H,10H2,(H,20,23). The fourth-order valence-electron chi connectivity index (χ4n) is 2.27. The van der Waals surface area contributed by atoms with Crippen LogP contribution in [0.4, 0.5) is 11.4 Å². The molecule has 8 heteroatoms. The van der Waals surface area contributed by atoms with Crippen LogP contribution in [0.15, 0.2) is 60.9 Å². The van der Waals surface area contributed by atoms with Crippen molar-refractivity contribution in [3.8, 4) is 0 Å². The molecule has 0 atom stereocenters. The van der Waals surface area contributed by atoms with Crippen molar-refractivity contribution in [1.82, 2.24) is 9.78 Å². The van der Waals surface area contributed by atoms with Crippen molar-refractivity contribution in [3.05, 3.63) is 87.2 Å². The number of carbonyl (C=O) groups excluding carboxylic acids is 1. The first-order chi connectivity index (χ1) is 12.0. The predicted molar refractivity (Wildman–Crippen MR) is 93.8 cm³/mol. The van der Waals surface area contributed by atoms with Crippen LogP contribution in [-0.4, -0.2) is 20.6 Å². The van der Waals surface area contributed by atoms with Crippen molar-refractivity contribution in [1.29, 1.82) is 0 Å². The number of hydrogen-bond donors (Lipinski definition) is 1. The van der Waals surface area contributed by atoms with Gasteiger partial charge in [0.1, 0.15) is 0 Å². The van der Waals surface area contributed by atoms with Crippen LogP contribution < -0.4 is 5.32 Å². The molecule has 3 aromatic rings. The maximum Gasteiger partial charge on any atom is 0.269 e. The second kappa shape index (κ2) is 7.14. The van der Waals surface area contributed by atoms with Crippen molar-refractivity contribution in [2.24, 2.45) is 0 Å². The van der Waals surface area contributed by atoms with E-state index in [0.717, 1.165) is 5.56 Å². The largest absolute Gasteiger partial charge is 0.319 e. The molecule has 0 bridgehead atoms. The highest BCUT2D eigenvalue weighted by Crippen LogP contribution is 2.15. The van der Waals surface area contributed by atoms with Gasteiger partial charge in [-0.2, -0.15) is 5.10 Å². The molecule has 0 unspecified atom stereocenters. The van der Waals surface area contributed by atoms with Gasteiger partial charge in [-0.1, -0.05) is 23.7 Å². The van der Waals surface area contributed by atoms with Gasteiger partial charge in [0, 0.05) is 28.9 Å². The third kappa shape index (κ3) is 4.21. The molecule has 0 aliphatic rings. The summed E-state index contributed by atoms with van der Waals surface area (Å²) in [6.07, 6.45) is 3.23. The van der Waals surface area contributed by atoms with Gasteiger partial charge in [0.2, 0.25) is 0 Å². The van der Waals surface area contributed by atoms with Gasteiger partial charge in [0.05, 0.1) is 23.4 Å². The number of nitro benzene ring substituents is 1. The van der Waals surface area contributed by atoms with Crippen molar-refractivity contribution in [2.45, 2.75) is 6.54 Å². The zero-order chi connectivity index (χ0) is 17.8. The first-order valence-corrected chi connectivity index (χ1v) is 7.72. The van der Waals surface area contributed by atoms with E-state index >= 15 is 0 Å². The Morgan fingerprint density at radius 1 is 1.24 bits per heavy atom. The molecular formula is C17H13ClN4O3. The Morgan fingerprint density at radius 3 is 2.68 bits per heavy atom. The van der Waals surface area contributed by atoms with Gasteiger partial charge in [-0.3, -0.25) is 19.6 Å². The summed E-state index contributed by atoms with van der Waals surface area (Å²) in [5, 5.41) is 18.2. The molecule has 0 saturated carbocycles. The summed E-state index contributed by atoms with van der Waals surface area (Å²) < 4.78 is 1.68. The number of rotatable bonds is 5. The number of benzene rings is 2. The molecular weight excluding hydrogens is 344 g/mol. The summed E-state index contributed by atoms with van der Waals surface area (Å²) >= 11 is 5.95. The maximum absolute atomic E-state index is 12.2. The number of amides is 1. The summed E-state index contributed by atoms with van der Waals surface area (Å²) in [6, 6.07) is 12.8. The summed E-state index contributed by atoms with van der Waals surface area (Å²) in [6.45, 7) is 0.522. The lowest BCUT2D eigenvalue weighted by Crippen LogP contribution is -2.11. The van der Waals surface area contributed by atoms with Crippen LogP contribution in [0.2, 0.25) is 5.02 Å². The minimum Gasteiger partial charge on any atom is -0.319 e. The Morgan fingerprint density at radius 2 is 2.00 bits per heavy atom. The van der Waals surface area contributed by atoms with Gasteiger partial charge >= 0.3 is 0 Å². The Hall–Kier alpha value is -3.19. The van der Waals surface area contributed by atoms with Gasteiger partial charge in [-0.15, -0.1) is 0 Å². The normalized spacial score (nSPS) is 10.4. The topological polar surface area (TPSA) is 90.1 Å². The highest BCUT2D eigenvalue weighted by molar-refractivity contribution is 6.30. The van der Waals surface area contributed by atoms with E-state index in [-0.39, 0.29) is 11.6 Å². The minimum atomic E-state index is -0.512. The first kappa shape index (κ1) is 16.7. The van der Waals surface area contributed by atoms with Gasteiger partial charge in [0.25, 0.3) is 11.6 Å². The molecule has 0 spiro atoms. The molecule has 7 nitrogen and oxygen atoms in total. The lowest BCUT2D eigenvalue weighted by atomic mass is 10.2. The molecule has 0 aliphatic carbocycles. The number of nitrogens with zero attached hydrogens (tertiary/aromatic N) is 3. The van der Waals surface area contributed by atoms with Crippen molar-refractivity contribution < 1.29 is 9.72 Å². The smallest absolute Gasteiger partial charge is 0.269 e. The average Bonchev–Trinajstić information content (AvgIpc) is 3.01. The molecule has 0 saturated heterocycles. The van der Waals surface area contributed by atoms with Crippen molar-refractivity contribution in [2.75, 3.05) is 5.32 Å². The third-order valence-electron chi connectivity index (χ3n) is 3.47. The molecule has 1 aromatic heterocycles. The van der Waals surface area contributed by atoms with E-state index in [1.54, 1.807) is 16.9 Å². The first-order valence-electron chi connectivity index (χ1n) is 7.34. The van der Waals surface area contributed by atoms with E-state index in [2.05, 4.69) is 10.4 Å². The number of hydrogen-bond acceptors (Lipinski definition) is 4. The lowest BCUT2D eigenvalue weighted by molar-refractivity contribution is -0.384. The fraction of sp³-hybridized carbons (Fsp3) is 0.0588. The van der Waals surface area contributed by atoms with E-state index in [4.69, 9.17) is 11.6 Å². The quantitative estimate of drug-likeness (QED) is 0.557. The number of halogens is 1. The zero-order valence-corrected chi connectivity index (χ0v) is 13.7. The zero-order valence-electron chi connectivity index (χ0n) is 12.9. The molecule has 126 valence electrons. The van der Waals surface area contributed by atoms with E-state index in [9.17, 15) is 14.9 Å². The molecule has 3 rings (SSSR count). The van der Waals surface area contributed by atoms with Gasteiger partial charge in [0.15, 0.2) is 0 Å². The monoisotopic (exact) mass is 356 g/mol. The molecule has 0 radical (unpaired) electrons. The van der Waals surface area contributed by atoms with Crippen LogP contribution in [0.3, 0.4) is 0 Å². The molecule has 1 amide bonds. The summed E-state index contributed by atoms with van der Waals surface area (Å²) in [4.78, 5) is 22.3. The van der Waals surface area contributed by atoms with Gasteiger partial charge in [-0.25, -0.2) is 0 Å². The highest BCUT2D eigenvalue weighted by Gasteiger charge is 2.10. The predicted octanol–water partition coefficient (Wildman–Crippen LogP) is 3.75. The van der Waals surface area contributed by atoms with Crippen molar-refractivity contribution in [3.63, 3.8) is 0 Å². The Bertz CT molecular complexity index is 922. The number of nitrogens with one attached hydrogen (secondary N) is 1. The van der Waals surface area contributed by atoms with E-state index in [1.807, 2.05) is 18.2 Å². The van der Waals surface area contributed by atoms with Crippen LogP contribution in [0.5, 0.6) is 0 Å². The van der Waals surface area contributed by atoms with Gasteiger partial charge < -0.3 is 5.32 Å². The Balaban J connectivity index is 1.66. The summed E-state index contributed by atoms with van der Waals surface area (Å²) in [5.74, 6) is -0.364. The van der Waals surface area contributed by atoms with E-state index < -0.39 is 4.92 Å². The number of anilines is 1. The minimum absolute atomic E-state index is 0.0640. The van der Waals surface area contributed by atoms with E-state index in [1.165, 1.54) is 30.5 Å². The molecule has 2 aromatic carbocycles.